The minimum absolute atomic E-state index is 0.151. The number of aryl methyl sites for hydroxylation is 2. The number of thioether (sulfide) groups is 1. The maximum absolute atomic E-state index is 12.7. The van der Waals surface area contributed by atoms with Crippen LogP contribution in [-0.2, 0) is 17.6 Å². The van der Waals surface area contributed by atoms with Gasteiger partial charge in [-0.05, 0) is 56.2 Å². The zero-order valence-corrected chi connectivity index (χ0v) is 19.5. The Balaban J connectivity index is 1.58. The molecule has 3 aromatic rings. The number of anilines is 1. The number of amides is 2. The van der Waals surface area contributed by atoms with Crippen LogP contribution in [0, 0.1) is 13.8 Å². The summed E-state index contributed by atoms with van der Waals surface area (Å²) in [4.78, 5) is 34.2. The van der Waals surface area contributed by atoms with Crippen LogP contribution in [-0.4, -0.2) is 34.6 Å². The number of carbonyl (C=O) groups is 2. The summed E-state index contributed by atoms with van der Waals surface area (Å²) in [5.74, 6) is -0.355. The van der Waals surface area contributed by atoms with E-state index in [9.17, 15) is 9.59 Å². The summed E-state index contributed by atoms with van der Waals surface area (Å²) in [5, 5.41) is 6.56. The van der Waals surface area contributed by atoms with E-state index in [0.717, 1.165) is 34.1 Å². The first-order valence-electron chi connectivity index (χ1n) is 10.6. The first kappa shape index (κ1) is 23.5. The summed E-state index contributed by atoms with van der Waals surface area (Å²) < 4.78 is 0. The summed E-state index contributed by atoms with van der Waals surface area (Å²) in [6.07, 6.45) is 3.52. The monoisotopic (exact) mass is 448 g/mol. The fourth-order valence-electron chi connectivity index (χ4n) is 3.46. The van der Waals surface area contributed by atoms with Crippen molar-refractivity contribution in [1.29, 1.82) is 0 Å². The first-order chi connectivity index (χ1) is 15.5. The molecule has 166 valence electrons. The number of carbonyl (C=O) groups excluding carboxylic acids is 2. The summed E-state index contributed by atoms with van der Waals surface area (Å²) in [5.41, 5.74) is 4.91. The van der Waals surface area contributed by atoms with Crippen molar-refractivity contribution in [2.45, 2.75) is 38.3 Å². The van der Waals surface area contributed by atoms with Crippen LogP contribution < -0.4 is 10.6 Å². The van der Waals surface area contributed by atoms with Crippen molar-refractivity contribution in [2.75, 3.05) is 18.1 Å². The van der Waals surface area contributed by atoms with E-state index in [0.29, 0.717) is 24.2 Å². The van der Waals surface area contributed by atoms with Gasteiger partial charge in [-0.25, -0.2) is 9.97 Å². The molecule has 0 saturated carbocycles. The zero-order chi connectivity index (χ0) is 22.9. The summed E-state index contributed by atoms with van der Waals surface area (Å²) in [7, 11) is 0. The lowest BCUT2D eigenvalue weighted by atomic mass is 10.1. The second-order valence-electron chi connectivity index (χ2n) is 7.44. The molecule has 1 heterocycles. The van der Waals surface area contributed by atoms with Gasteiger partial charge in [0.05, 0.1) is 11.3 Å². The van der Waals surface area contributed by atoms with Gasteiger partial charge in [-0.3, -0.25) is 9.59 Å². The van der Waals surface area contributed by atoms with Gasteiger partial charge < -0.3 is 10.6 Å². The minimum atomic E-state index is -0.204. The normalized spacial score (nSPS) is 10.6. The van der Waals surface area contributed by atoms with Crippen molar-refractivity contribution in [2.24, 2.45) is 0 Å². The van der Waals surface area contributed by atoms with Crippen molar-refractivity contribution >= 4 is 29.3 Å². The van der Waals surface area contributed by atoms with E-state index in [1.807, 2.05) is 50.4 Å². The summed E-state index contributed by atoms with van der Waals surface area (Å²) in [6, 6.07) is 17.1. The molecule has 32 heavy (non-hydrogen) atoms. The molecule has 6 nitrogen and oxygen atoms in total. The SMILES string of the molecule is CSc1nc(C)c(CCC(=O)Nc2ccccc2C(=O)NCCc2ccccc2)c(C)n1. The maximum atomic E-state index is 12.7. The highest BCUT2D eigenvalue weighted by Gasteiger charge is 2.14. The van der Waals surface area contributed by atoms with Gasteiger partial charge in [-0.1, -0.05) is 54.2 Å². The number of para-hydroxylation sites is 1. The number of hydrogen-bond donors (Lipinski definition) is 2. The molecule has 0 saturated heterocycles. The standard InChI is InChI=1S/C25H28N4O2S/c1-17-20(18(2)28-25(27-17)32-3)13-14-23(30)29-22-12-8-7-11-21(22)24(31)26-16-15-19-9-5-4-6-10-19/h4-12H,13-16H2,1-3H3,(H,26,31)(H,29,30). The molecule has 0 fully saturated rings. The molecule has 2 amide bonds. The molecular weight excluding hydrogens is 420 g/mol. The average Bonchev–Trinajstić information content (AvgIpc) is 2.79. The average molecular weight is 449 g/mol. The Hall–Kier alpha value is -3.19. The zero-order valence-electron chi connectivity index (χ0n) is 18.6. The van der Waals surface area contributed by atoms with Crippen LogP contribution in [0.1, 0.15) is 39.3 Å². The van der Waals surface area contributed by atoms with Gasteiger partial charge >= 0.3 is 0 Å². The van der Waals surface area contributed by atoms with Crippen LogP contribution in [0.4, 0.5) is 5.69 Å². The number of aromatic nitrogens is 2. The first-order valence-corrected chi connectivity index (χ1v) is 11.8. The molecule has 0 bridgehead atoms. The van der Waals surface area contributed by atoms with Crippen LogP contribution in [0.15, 0.2) is 59.8 Å². The van der Waals surface area contributed by atoms with E-state index in [-0.39, 0.29) is 18.2 Å². The lowest BCUT2D eigenvalue weighted by molar-refractivity contribution is -0.116. The predicted molar refractivity (Wildman–Crippen MR) is 129 cm³/mol. The molecule has 0 aliphatic heterocycles. The van der Waals surface area contributed by atoms with Crippen LogP contribution in [0.3, 0.4) is 0 Å². The topological polar surface area (TPSA) is 84.0 Å². The lowest BCUT2D eigenvalue weighted by Crippen LogP contribution is -2.27. The molecule has 2 N–H and O–H groups in total. The van der Waals surface area contributed by atoms with Gasteiger partial charge in [0.2, 0.25) is 5.91 Å². The Morgan fingerprint density at radius 3 is 2.25 bits per heavy atom. The van der Waals surface area contributed by atoms with Crippen LogP contribution in [0.2, 0.25) is 0 Å². The number of hydrogen-bond acceptors (Lipinski definition) is 5. The number of nitrogens with zero attached hydrogens (tertiary/aromatic N) is 2. The smallest absolute Gasteiger partial charge is 0.253 e. The lowest BCUT2D eigenvalue weighted by Gasteiger charge is -2.13. The van der Waals surface area contributed by atoms with Crippen molar-refractivity contribution in [1.82, 2.24) is 15.3 Å². The summed E-state index contributed by atoms with van der Waals surface area (Å²) in [6.45, 7) is 4.41. The van der Waals surface area contributed by atoms with E-state index in [1.54, 1.807) is 24.3 Å². The molecule has 2 aromatic carbocycles. The Morgan fingerprint density at radius 1 is 0.906 bits per heavy atom. The van der Waals surface area contributed by atoms with E-state index in [4.69, 9.17) is 0 Å². The Kier molecular flexibility index (Phi) is 8.39. The molecule has 3 rings (SSSR count). The van der Waals surface area contributed by atoms with Crippen LogP contribution in [0.25, 0.3) is 0 Å². The minimum Gasteiger partial charge on any atom is -0.352 e. The Morgan fingerprint density at radius 2 is 1.56 bits per heavy atom. The highest BCUT2D eigenvalue weighted by atomic mass is 32.2. The van der Waals surface area contributed by atoms with Gasteiger partial charge in [0.25, 0.3) is 5.91 Å². The van der Waals surface area contributed by atoms with E-state index >= 15 is 0 Å². The van der Waals surface area contributed by atoms with Crippen molar-refractivity contribution < 1.29 is 9.59 Å². The van der Waals surface area contributed by atoms with Crippen molar-refractivity contribution in [3.8, 4) is 0 Å². The largest absolute Gasteiger partial charge is 0.352 e. The van der Waals surface area contributed by atoms with Gasteiger partial charge in [0.1, 0.15) is 0 Å². The third-order valence-corrected chi connectivity index (χ3v) is 5.72. The molecule has 7 heteroatoms. The predicted octanol–water partition coefficient (Wildman–Crippen LogP) is 4.36. The van der Waals surface area contributed by atoms with Crippen LogP contribution in [0.5, 0.6) is 0 Å². The molecule has 0 aliphatic rings. The van der Waals surface area contributed by atoms with Crippen molar-refractivity contribution in [3.63, 3.8) is 0 Å². The highest BCUT2D eigenvalue weighted by Crippen LogP contribution is 2.19. The number of rotatable bonds is 9. The maximum Gasteiger partial charge on any atom is 0.253 e. The molecule has 0 atom stereocenters. The van der Waals surface area contributed by atoms with Gasteiger partial charge in [0.15, 0.2) is 5.16 Å². The van der Waals surface area contributed by atoms with Crippen LogP contribution >= 0.6 is 11.8 Å². The highest BCUT2D eigenvalue weighted by molar-refractivity contribution is 7.98. The third-order valence-electron chi connectivity index (χ3n) is 5.17. The van der Waals surface area contributed by atoms with Gasteiger partial charge in [-0.15, -0.1) is 0 Å². The Labute approximate surface area is 193 Å². The molecule has 0 unspecified atom stereocenters. The van der Waals surface area contributed by atoms with E-state index < -0.39 is 0 Å². The fraction of sp³-hybridized carbons (Fsp3) is 0.280. The number of nitrogens with one attached hydrogen (secondary N) is 2. The second kappa shape index (κ2) is 11.4. The van der Waals surface area contributed by atoms with Gasteiger partial charge in [0, 0.05) is 24.4 Å². The molecule has 1 aromatic heterocycles. The second-order valence-corrected chi connectivity index (χ2v) is 8.22. The molecule has 0 spiro atoms. The van der Waals surface area contributed by atoms with Gasteiger partial charge in [-0.2, -0.15) is 0 Å². The fourth-order valence-corrected chi connectivity index (χ4v) is 3.92. The molecule has 0 aliphatic carbocycles. The Bertz CT molecular complexity index is 1060. The third kappa shape index (κ3) is 6.40. The molecular formula is C25H28N4O2S. The van der Waals surface area contributed by atoms with Crippen molar-refractivity contribution in [3.05, 3.63) is 82.7 Å². The van der Waals surface area contributed by atoms with E-state index in [2.05, 4.69) is 20.6 Å². The number of benzene rings is 2. The van der Waals surface area contributed by atoms with E-state index in [1.165, 1.54) is 11.8 Å². The summed E-state index contributed by atoms with van der Waals surface area (Å²) >= 11 is 1.50. The quantitative estimate of drug-likeness (QED) is 0.375. The molecule has 0 radical (unpaired) electrons.